The minimum atomic E-state index is -1.02. The molecule has 0 unspecified atom stereocenters. The monoisotopic (exact) mass is 392 g/mol. The largest absolute Gasteiger partial charge is 0.478 e. The maximum absolute atomic E-state index is 12.1. The summed E-state index contributed by atoms with van der Waals surface area (Å²) in [6, 6.07) is 11.7. The third kappa shape index (κ3) is 4.37. The Morgan fingerprint density at radius 2 is 1.78 bits per heavy atom. The predicted octanol–water partition coefficient (Wildman–Crippen LogP) is 3.58. The molecule has 0 saturated carbocycles. The second kappa shape index (κ2) is 7.34. The molecule has 0 saturated heterocycles. The molecule has 0 fully saturated rings. The van der Waals surface area contributed by atoms with Crippen LogP contribution in [-0.4, -0.2) is 22.1 Å². The van der Waals surface area contributed by atoms with Gasteiger partial charge in [-0.25, -0.2) is 4.79 Å². The van der Waals surface area contributed by atoms with Crippen molar-refractivity contribution in [3.63, 3.8) is 0 Å². The van der Waals surface area contributed by atoms with Gasteiger partial charge in [-0.15, -0.1) is 0 Å². The number of thiocarbonyl (C=S) groups is 1. The molecule has 0 aliphatic rings. The Labute approximate surface area is 146 Å². The number of aromatic carboxylic acids is 1. The van der Waals surface area contributed by atoms with Crippen molar-refractivity contribution in [2.24, 2.45) is 0 Å². The van der Waals surface area contributed by atoms with Gasteiger partial charge in [0.15, 0.2) is 5.11 Å². The molecule has 0 heterocycles. The third-order valence-electron chi connectivity index (χ3n) is 3.15. The van der Waals surface area contributed by atoms with Crippen molar-refractivity contribution in [1.29, 1.82) is 0 Å². The molecule has 0 spiro atoms. The Kier molecular flexibility index (Phi) is 5.46. The van der Waals surface area contributed by atoms with Crippen molar-refractivity contribution in [2.75, 3.05) is 5.32 Å². The van der Waals surface area contributed by atoms with Crippen LogP contribution in [0.3, 0.4) is 0 Å². The average molecular weight is 393 g/mol. The fraction of sp³-hybridized carbons (Fsp3) is 0.0625. The summed E-state index contributed by atoms with van der Waals surface area (Å²) in [7, 11) is 0. The van der Waals surface area contributed by atoms with Crippen molar-refractivity contribution in [1.82, 2.24) is 5.32 Å². The number of carboxylic acid groups (broad SMARTS) is 1. The first kappa shape index (κ1) is 17.1. The summed E-state index contributed by atoms with van der Waals surface area (Å²) in [4.78, 5) is 23.2. The highest BCUT2D eigenvalue weighted by atomic mass is 79.9. The summed E-state index contributed by atoms with van der Waals surface area (Å²) >= 11 is 8.41. The minimum absolute atomic E-state index is 0.101. The van der Waals surface area contributed by atoms with Gasteiger partial charge in [0.2, 0.25) is 0 Å². The van der Waals surface area contributed by atoms with Gasteiger partial charge in [-0.05, 0) is 61.1 Å². The number of nitrogens with one attached hydrogen (secondary N) is 2. The maximum Gasteiger partial charge on any atom is 0.336 e. The second-order valence-electron chi connectivity index (χ2n) is 4.70. The summed E-state index contributed by atoms with van der Waals surface area (Å²) in [5, 5.41) is 14.6. The molecule has 0 aliphatic carbocycles. The molecule has 3 N–H and O–H groups in total. The average Bonchev–Trinajstić information content (AvgIpc) is 2.49. The molecule has 118 valence electrons. The quantitative estimate of drug-likeness (QED) is 0.695. The smallest absolute Gasteiger partial charge is 0.336 e. The number of hydrogen-bond donors (Lipinski definition) is 3. The van der Waals surface area contributed by atoms with Gasteiger partial charge in [0, 0.05) is 15.7 Å². The van der Waals surface area contributed by atoms with E-state index in [-0.39, 0.29) is 16.6 Å². The zero-order valence-electron chi connectivity index (χ0n) is 12.1. The molecule has 0 atom stereocenters. The first-order chi connectivity index (χ1) is 10.9. The Balaban J connectivity index is 2.08. The van der Waals surface area contributed by atoms with Gasteiger partial charge in [0.05, 0.1) is 5.56 Å². The molecule has 2 rings (SSSR count). The van der Waals surface area contributed by atoms with Crippen LogP contribution in [0.25, 0.3) is 0 Å². The number of benzene rings is 2. The molecule has 23 heavy (non-hydrogen) atoms. The van der Waals surface area contributed by atoms with Crippen LogP contribution in [-0.2, 0) is 0 Å². The predicted molar refractivity (Wildman–Crippen MR) is 96.0 cm³/mol. The molecule has 0 aromatic heterocycles. The summed E-state index contributed by atoms with van der Waals surface area (Å²) in [5.41, 5.74) is 1.72. The van der Waals surface area contributed by atoms with Gasteiger partial charge in [-0.1, -0.05) is 22.0 Å². The van der Waals surface area contributed by atoms with E-state index in [0.29, 0.717) is 16.8 Å². The van der Waals surface area contributed by atoms with Crippen molar-refractivity contribution in [3.8, 4) is 0 Å². The minimum Gasteiger partial charge on any atom is -0.478 e. The van der Waals surface area contributed by atoms with E-state index in [1.165, 1.54) is 6.07 Å². The lowest BCUT2D eigenvalue weighted by molar-refractivity contribution is 0.0696. The summed E-state index contributed by atoms with van der Waals surface area (Å²) < 4.78 is 0.871. The van der Waals surface area contributed by atoms with Crippen LogP contribution in [0.15, 0.2) is 46.9 Å². The van der Waals surface area contributed by atoms with E-state index in [9.17, 15) is 9.59 Å². The van der Waals surface area contributed by atoms with Gasteiger partial charge in [-0.2, -0.15) is 0 Å². The van der Waals surface area contributed by atoms with Crippen LogP contribution < -0.4 is 10.6 Å². The van der Waals surface area contributed by atoms with E-state index in [2.05, 4.69) is 26.6 Å². The molecule has 2 aromatic rings. The van der Waals surface area contributed by atoms with Crippen molar-refractivity contribution < 1.29 is 14.7 Å². The molecule has 1 amide bonds. The number of halogens is 1. The Morgan fingerprint density at radius 3 is 2.39 bits per heavy atom. The van der Waals surface area contributed by atoms with Crippen LogP contribution in [0.4, 0.5) is 5.69 Å². The lowest BCUT2D eigenvalue weighted by Crippen LogP contribution is -2.34. The highest BCUT2D eigenvalue weighted by Gasteiger charge is 2.12. The number of rotatable bonds is 3. The van der Waals surface area contributed by atoms with Crippen LogP contribution in [0.2, 0.25) is 0 Å². The van der Waals surface area contributed by atoms with E-state index < -0.39 is 5.97 Å². The number of carbonyl (C=O) groups excluding carboxylic acids is 1. The topological polar surface area (TPSA) is 78.4 Å². The number of carbonyl (C=O) groups is 2. The van der Waals surface area contributed by atoms with Gasteiger partial charge < -0.3 is 10.4 Å². The third-order valence-corrected chi connectivity index (χ3v) is 3.88. The zero-order valence-corrected chi connectivity index (χ0v) is 14.5. The molecular formula is C16H13BrN2O3S. The van der Waals surface area contributed by atoms with Crippen LogP contribution in [0.1, 0.15) is 26.3 Å². The highest BCUT2D eigenvalue weighted by molar-refractivity contribution is 9.10. The first-order valence-electron chi connectivity index (χ1n) is 6.59. The fourth-order valence-corrected chi connectivity index (χ4v) is 2.40. The van der Waals surface area contributed by atoms with Crippen molar-refractivity contribution in [3.05, 3.63) is 63.6 Å². The Bertz CT molecular complexity index is 775. The first-order valence-corrected chi connectivity index (χ1v) is 7.79. The summed E-state index contributed by atoms with van der Waals surface area (Å²) in [6.07, 6.45) is 0. The van der Waals surface area contributed by atoms with Crippen LogP contribution in [0, 0.1) is 6.92 Å². The van der Waals surface area contributed by atoms with Crippen LogP contribution >= 0.6 is 28.1 Å². The Morgan fingerprint density at radius 1 is 1.13 bits per heavy atom. The maximum atomic E-state index is 12.1. The highest BCUT2D eigenvalue weighted by Crippen LogP contribution is 2.19. The van der Waals surface area contributed by atoms with Gasteiger partial charge >= 0.3 is 5.97 Å². The normalized spacial score (nSPS) is 10.0. The molecular weight excluding hydrogens is 380 g/mol. The van der Waals surface area contributed by atoms with Crippen molar-refractivity contribution >= 4 is 50.8 Å². The lowest BCUT2D eigenvalue weighted by Gasteiger charge is -2.13. The second-order valence-corrected chi connectivity index (χ2v) is 6.02. The van der Waals surface area contributed by atoms with Gasteiger partial charge in [0.25, 0.3) is 5.91 Å². The molecule has 2 aromatic carbocycles. The van der Waals surface area contributed by atoms with E-state index >= 15 is 0 Å². The van der Waals surface area contributed by atoms with E-state index in [1.54, 1.807) is 43.3 Å². The van der Waals surface area contributed by atoms with Crippen molar-refractivity contribution in [2.45, 2.75) is 6.92 Å². The molecule has 5 nitrogen and oxygen atoms in total. The fourth-order valence-electron chi connectivity index (χ4n) is 1.93. The molecule has 0 radical (unpaired) electrons. The van der Waals surface area contributed by atoms with Gasteiger partial charge in [0.1, 0.15) is 0 Å². The molecule has 0 bridgehead atoms. The number of hydrogen-bond acceptors (Lipinski definition) is 3. The van der Waals surface area contributed by atoms with Gasteiger partial charge in [-0.3, -0.25) is 10.1 Å². The number of anilines is 1. The van der Waals surface area contributed by atoms with E-state index in [0.717, 1.165) is 4.47 Å². The molecule has 7 heteroatoms. The van der Waals surface area contributed by atoms with E-state index in [4.69, 9.17) is 17.3 Å². The Hall–Kier alpha value is -2.25. The van der Waals surface area contributed by atoms with E-state index in [1.807, 2.05) is 0 Å². The lowest BCUT2D eigenvalue weighted by atomic mass is 10.1. The zero-order chi connectivity index (χ0) is 17.0. The molecule has 0 aliphatic heterocycles. The SMILES string of the molecule is Cc1c(NC(=S)NC(=O)c2ccc(Br)cc2)cccc1C(=O)O. The number of amides is 1. The number of carboxylic acids is 1. The standard InChI is InChI=1S/C16H13BrN2O3S/c1-9-12(15(21)22)3-2-4-13(9)18-16(23)19-14(20)10-5-7-11(17)8-6-10/h2-8H,1H3,(H,21,22)(H2,18,19,20,23). The van der Waals surface area contributed by atoms with Crippen LogP contribution in [0.5, 0.6) is 0 Å². The summed E-state index contributed by atoms with van der Waals surface area (Å²) in [5.74, 6) is -1.36. The summed E-state index contributed by atoms with van der Waals surface area (Å²) in [6.45, 7) is 1.67.